The molecular weight excluding hydrogens is 406 g/mol. The topological polar surface area (TPSA) is 62.3 Å². The highest BCUT2D eigenvalue weighted by Gasteiger charge is 2.39. The minimum absolute atomic E-state index is 0.0699. The van der Waals surface area contributed by atoms with Crippen LogP contribution in [0.25, 0.3) is 10.4 Å². The van der Waals surface area contributed by atoms with E-state index in [0.717, 1.165) is 48.9 Å². The lowest BCUT2D eigenvalue weighted by molar-refractivity contribution is -0.148. The predicted molar refractivity (Wildman–Crippen MR) is 127 cm³/mol. The summed E-state index contributed by atoms with van der Waals surface area (Å²) in [4.78, 5) is 33.5. The van der Waals surface area contributed by atoms with E-state index in [9.17, 15) is 9.59 Å². The summed E-state index contributed by atoms with van der Waals surface area (Å²) in [5.41, 5.74) is 4.75. The predicted octanol–water partition coefficient (Wildman–Crippen LogP) is 5.33. The van der Waals surface area contributed by atoms with E-state index in [1.807, 2.05) is 24.6 Å². The molecule has 5 nitrogen and oxygen atoms in total. The summed E-state index contributed by atoms with van der Waals surface area (Å²) in [6.45, 7) is 6.60. The van der Waals surface area contributed by atoms with Gasteiger partial charge in [0.1, 0.15) is 6.04 Å². The molecule has 1 heterocycles. The maximum atomic E-state index is 13.2. The molecule has 6 heteroatoms. The molecule has 2 amide bonds. The van der Waals surface area contributed by atoms with Crippen molar-refractivity contribution in [2.45, 2.75) is 78.3 Å². The molecule has 0 aliphatic heterocycles. The molecule has 3 rings (SSSR count). The Hall–Kier alpha value is -2.21. The van der Waals surface area contributed by atoms with Gasteiger partial charge in [0.25, 0.3) is 0 Å². The minimum atomic E-state index is -0.421. The summed E-state index contributed by atoms with van der Waals surface area (Å²) in [7, 11) is 1.80. The van der Waals surface area contributed by atoms with Crippen molar-refractivity contribution in [3.63, 3.8) is 0 Å². The van der Waals surface area contributed by atoms with Crippen molar-refractivity contribution in [1.82, 2.24) is 15.2 Å². The van der Waals surface area contributed by atoms with Crippen LogP contribution >= 0.6 is 11.3 Å². The van der Waals surface area contributed by atoms with E-state index < -0.39 is 6.04 Å². The molecule has 1 aromatic heterocycles. The highest BCUT2D eigenvalue weighted by molar-refractivity contribution is 7.13. The third kappa shape index (κ3) is 5.53. The number of thiazole rings is 1. The fraction of sp³-hybridized carbons (Fsp3) is 0.560. The van der Waals surface area contributed by atoms with Crippen LogP contribution in [0.5, 0.6) is 0 Å². The second-order valence-corrected chi connectivity index (χ2v) is 9.88. The fourth-order valence-corrected chi connectivity index (χ4v) is 5.36. The third-order valence-electron chi connectivity index (χ3n) is 6.55. The summed E-state index contributed by atoms with van der Waals surface area (Å²) in [6, 6.07) is 7.81. The van der Waals surface area contributed by atoms with Crippen LogP contribution in [0.15, 0.2) is 29.8 Å². The fourth-order valence-electron chi connectivity index (χ4n) is 4.55. The van der Waals surface area contributed by atoms with Crippen LogP contribution in [-0.2, 0) is 16.1 Å². The molecule has 31 heavy (non-hydrogen) atoms. The number of nitrogens with zero attached hydrogens (tertiary/aromatic N) is 2. The number of rotatable bonds is 8. The Morgan fingerprint density at radius 3 is 2.45 bits per heavy atom. The Bertz CT molecular complexity index is 884. The van der Waals surface area contributed by atoms with E-state index in [2.05, 4.69) is 36.3 Å². The highest BCUT2D eigenvalue weighted by atomic mass is 32.1. The van der Waals surface area contributed by atoms with Crippen LogP contribution in [0.1, 0.15) is 70.1 Å². The SMILES string of the molecule is CCC[C@@H](C(=O)NCc1ccc(-c2scnc2C)cc1)N(C)C(=O)C1(C)CCCCC1. The molecule has 0 bridgehead atoms. The summed E-state index contributed by atoms with van der Waals surface area (Å²) in [5, 5.41) is 3.06. The first-order chi connectivity index (χ1) is 14.9. The molecule has 1 aromatic carbocycles. The van der Waals surface area contributed by atoms with Crippen molar-refractivity contribution in [2.24, 2.45) is 5.41 Å². The number of carbonyl (C=O) groups excluding carboxylic acids is 2. The molecule has 1 atom stereocenters. The largest absolute Gasteiger partial charge is 0.350 e. The van der Waals surface area contributed by atoms with Crippen molar-refractivity contribution in [1.29, 1.82) is 0 Å². The lowest BCUT2D eigenvalue weighted by Crippen LogP contribution is -2.52. The average molecular weight is 442 g/mol. The van der Waals surface area contributed by atoms with Crippen LogP contribution < -0.4 is 5.32 Å². The second-order valence-electron chi connectivity index (χ2n) is 9.02. The van der Waals surface area contributed by atoms with Gasteiger partial charge in [-0.1, -0.05) is 63.8 Å². The van der Waals surface area contributed by atoms with Gasteiger partial charge >= 0.3 is 0 Å². The molecule has 1 aliphatic rings. The summed E-state index contributed by atoms with van der Waals surface area (Å²) >= 11 is 1.63. The lowest BCUT2D eigenvalue weighted by Gasteiger charge is -2.38. The maximum absolute atomic E-state index is 13.2. The van der Waals surface area contributed by atoms with Crippen LogP contribution in [0, 0.1) is 12.3 Å². The Morgan fingerprint density at radius 1 is 1.19 bits per heavy atom. The number of benzene rings is 1. The van der Waals surface area contributed by atoms with Crippen molar-refractivity contribution >= 4 is 23.2 Å². The van der Waals surface area contributed by atoms with Gasteiger partial charge < -0.3 is 10.2 Å². The standard InChI is InChI=1S/C25H35N3O2S/c1-5-9-21(28(4)24(30)25(3)14-7-6-8-15-25)23(29)26-16-19-10-12-20(13-11-19)22-18(2)27-17-31-22/h10-13,17,21H,5-9,14-16H2,1-4H3,(H,26,29)/t21-/m0/s1. The number of aromatic nitrogens is 1. The van der Waals surface area contributed by atoms with Gasteiger partial charge in [-0.05, 0) is 37.3 Å². The molecule has 0 saturated heterocycles. The first kappa shape index (κ1) is 23.5. The number of carbonyl (C=O) groups is 2. The van der Waals surface area contributed by atoms with Crippen LogP contribution in [0.3, 0.4) is 0 Å². The molecule has 0 spiro atoms. The Balaban J connectivity index is 1.62. The van der Waals surface area contributed by atoms with E-state index in [4.69, 9.17) is 0 Å². The van der Waals surface area contributed by atoms with E-state index >= 15 is 0 Å². The molecule has 1 saturated carbocycles. The smallest absolute Gasteiger partial charge is 0.243 e. The Morgan fingerprint density at radius 2 is 1.87 bits per heavy atom. The number of hydrogen-bond acceptors (Lipinski definition) is 4. The quantitative estimate of drug-likeness (QED) is 0.602. The van der Waals surface area contributed by atoms with Crippen molar-refractivity contribution in [2.75, 3.05) is 7.05 Å². The Kier molecular flexibility index (Phi) is 7.87. The zero-order valence-electron chi connectivity index (χ0n) is 19.2. The maximum Gasteiger partial charge on any atom is 0.243 e. The molecule has 168 valence electrons. The molecule has 0 radical (unpaired) electrons. The van der Waals surface area contributed by atoms with Gasteiger partial charge in [-0.25, -0.2) is 4.98 Å². The molecule has 0 unspecified atom stereocenters. The van der Waals surface area contributed by atoms with Gasteiger partial charge in [-0.3, -0.25) is 9.59 Å². The lowest BCUT2D eigenvalue weighted by atomic mass is 9.74. The second kappa shape index (κ2) is 10.4. The van der Waals surface area contributed by atoms with Crippen molar-refractivity contribution in [3.05, 3.63) is 41.0 Å². The van der Waals surface area contributed by atoms with Crippen LogP contribution in [0.4, 0.5) is 0 Å². The summed E-state index contributed by atoms with van der Waals surface area (Å²) < 4.78 is 0. The summed E-state index contributed by atoms with van der Waals surface area (Å²) in [6.07, 6.45) is 6.76. The molecule has 1 N–H and O–H groups in total. The van der Waals surface area contributed by atoms with Gasteiger partial charge in [0.15, 0.2) is 0 Å². The highest BCUT2D eigenvalue weighted by Crippen LogP contribution is 2.37. The Labute approximate surface area is 190 Å². The van der Waals surface area contributed by atoms with E-state index in [-0.39, 0.29) is 17.2 Å². The third-order valence-corrected chi connectivity index (χ3v) is 7.53. The van der Waals surface area contributed by atoms with Gasteiger partial charge in [-0.15, -0.1) is 11.3 Å². The first-order valence-electron chi connectivity index (χ1n) is 11.4. The molecular formula is C25H35N3O2S. The van der Waals surface area contributed by atoms with Gasteiger partial charge in [0.2, 0.25) is 11.8 Å². The number of aryl methyl sites for hydroxylation is 1. The van der Waals surface area contributed by atoms with E-state index in [0.29, 0.717) is 13.0 Å². The normalized spacial score (nSPS) is 16.5. The zero-order chi connectivity index (χ0) is 22.4. The van der Waals surface area contributed by atoms with Gasteiger partial charge in [-0.2, -0.15) is 0 Å². The number of likely N-dealkylation sites (N-methyl/N-ethyl adjacent to an activating group) is 1. The van der Waals surface area contributed by atoms with Gasteiger partial charge in [0.05, 0.1) is 16.1 Å². The van der Waals surface area contributed by atoms with E-state index in [1.54, 1.807) is 23.3 Å². The number of amides is 2. The van der Waals surface area contributed by atoms with E-state index in [1.165, 1.54) is 11.3 Å². The van der Waals surface area contributed by atoms with Crippen molar-refractivity contribution in [3.8, 4) is 10.4 Å². The average Bonchev–Trinajstić information content (AvgIpc) is 3.21. The number of nitrogens with one attached hydrogen (secondary N) is 1. The van der Waals surface area contributed by atoms with Gasteiger partial charge in [0, 0.05) is 19.0 Å². The molecule has 1 aliphatic carbocycles. The monoisotopic (exact) mass is 441 g/mol. The van der Waals surface area contributed by atoms with Crippen LogP contribution in [-0.4, -0.2) is 34.8 Å². The zero-order valence-corrected chi connectivity index (χ0v) is 20.1. The summed E-state index contributed by atoms with van der Waals surface area (Å²) in [5.74, 6) is 0.0459. The molecule has 1 fully saturated rings. The molecule has 2 aromatic rings. The minimum Gasteiger partial charge on any atom is -0.350 e. The number of hydrogen-bond donors (Lipinski definition) is 1. The van der Waals surface area contributed by atoms with Crippen molar-refractivity contribution < 1.29 is 9.59 Å². The van der Waals surface area contributed by atoms with Crippen LogP contribution in [0.2, 0.25) is 0 Å². The first-order valence-corrected chi connectivity index (χ1v) is 12.3.